The highest BCUT2D eigenvalue weighted by Crippen LogP contribution is 2.30. The van der Waals surface area contributed by atoms with Gasteiger partial charge in [-0.05, 0) is 30.7 Å². The number of carbonyl (C=O) groups is 1. The van der Waals surface area contributed by atoms with E-state index in [1.54, 1.807) is 16.8 Å². The lowest BCUT2D eigenvalue weighted by Crippen LogP contribution is -2.54. The molecule has 0 spiro atoms. The molecule has 0 unspecified atom stereocenters. The third-order valence-corrected chi connectivity index (χ3v) is 5.64. The van der Waals surface area contributed by atoms with Crippen LogP contribution >= 0.6 is 0 Å². The second-order valence-electron chi connectivity index (χ2n) is 7.92. The number of nitrogens with zero attached hydrogens (tertiary/aromatic N) is 5. The summed E-state index contributed by atoms with van der Waals surface area (Å²) >= 11 is 0. The Balaban J connectivity index is 1.26. The number of benzene rings is 1. The Morgan fingerprint density at radius 3 is 2.68 bits per heavy atom. The summed E-state index contributed by atoms with van der Waals surface area (Å²) < 4.78 is 1.80. The molecule has 8 heteroatoms. The molecule has 3 N–H and O–H groups in total. The standard InChI is InChI=1S/C23H23N7O/c1-15-2-4-16(5-3-15)9-26-23(31)19-11-29(12-19)22-20-8-18(13-30(20)28-14-27-22)17-6-7-21(24)25-10-17/h2-8,10,13-14,19H,9,11-12H2,1H3,(H2,24,25)(H,26,31). The maximum atomic E-state index is 12.5. The molecule has 8 nitrogen and oxygen atoms in total. The Morgan fingerprint density at radius 1 is 1.13 bits per heavy atom. The van der Waals surface area contributed by atoms with E-state index in [0.717, 1.165) is 28.0 Å². The van der Waals surface area contributed by atoms with Gasteiger partial charge in [0.15, 0.2) is 5.82 Å². The number of aryl methyl sites for hydroxylation is 1. The van der Waals surface area contributed by atoms with E-state index < -0.39 is 0 Å². The summed E-state index contributed by atoms with van der Waals surface area (Å²) in [4.78, 5) is 23.3. The van der Waals surface area contributed by atoms with Crippen LogP contribution in [-0.2, 0) is 11.3 Å². The van der Waals surface area contributed by atoms with E-state index in [1.807, 2.05) is 30.5 Å². The summed E-state index contributed by atoms with van der Waals surface area (Å²) in [5.74, 6) is 1.34. The molecule has 0 bridgehead atoms. The predicted molar refractivity (Wildman–Crippen MR) is 119 cm³/mol. The zero-order valence-electron chi connectivity index (χ0n) is 17.2. The summed E-state index contributed by atoms with van der Waals surface area (Å²) in [5, 5.41) is 7.36. The highest BCUT2D eigenvalue weighted by molar-refractivity contribution is 5.84. The van der Waals surface area contributed by atoms with E-state index in [-0.39, 0.29) is 11.8 Å². The Morgan fingerprint density at radius 2 is 1.94 bits per heavy atom. The molecule has 3 aromatic heterocycles. The van der Waals surface area contributed by atoms with Gasteiger partial charge < -0.3 is 16.0 Å². The largest absolute Gasteiger partial charge is 0.384 e. The van der Waals surface area contributed by atoms with Crippen molar-refractivity contribution in [3.63, 3.8) is 0 Å². The Bertz CT molecular complexity index is 1230. The van der Waals surface area contributed by atoms with Gasteiger partial charge in [0, 0.05) is 43.2 Å². The molecule has 5 rings (SSSR count). The monoisotopic (exact) mass is 413 g/mol. The number of nitrogen functional groups attached to an aromatic ring is 1. The van der Waals surface area contributed by atoms with Gasteiger partial charge >= 0.3 is 0 Å². The van der Waals surface area contributed by atoms with Crippen LogP contribution in [0.15, 0.2) is 61.2 Å². The molecule has 156 valence electrons. The minimum absolute atomic E-state index is 0.0452. The smallest absolute Gasteiger partial charge is 0.226 e. The molecule has 1 amide bonds. The summed E-state index contributed by atoms with van der Waals surface area (Å²) in [7, 11) is 0. The Kier molecular flexibility index (Phi) is 4.74. The zero-order valence-corrected chi connectivity index (χ0v) is 17.2. The number of nitrogens with two attached hydrogens (primary N) is 1. The lowest BCUT2D eigenvalue weighted by Gasteiger charge is -2.39. The molecule has 0 saturated carbocycles. The van der Waals surface area contributed by atoms with Gasteiger partial charge in [0.05, 0.1) is 5.92 Å². The van der Waals surface area contributed by atoms with Crippen molar-refractivity contribution in [1.29, 1.82) is 0 Å². The molecule has 1 saturated heterocycles. The van der Waals surface area contributed by atoms with Gasteiger partial charge in [0.1, 0.15) is 17.7 Å². The molecule has 0 atom stereocenters. The molecule has 0 aliphatic carbocycles. The number of pyridine rings is 1. The van der Waals surface area contributed by atoms with E-state index in [1.165, 1.54) is 11.9 Å². The number of amides is 1. The van der Waals surface area contributed by atoms with Gasteiger partial charge in [-0.15, -0.1) is 0 Å². The average molecular weight is 413 g/mol. The number of hydrogen-bond acceptors (Lipinski definition) is 6. The van der Waals surface area contributed by atoms with E-state index in [4.69, 9.17) is 5.73 Å². The minimum Gasteiger partial charge on any atom is -0.384 e. The third-order valence-electron chi connectivity index (χ3n) is 5.64. The first-order valence-corrected chi connectivity index (χ1v) is 10.2. The first-order chi connectivity index (χ1) is 15.1. The first kappa shape index (κ1) is 19.0. The van der Waals surface area contributed by atoms with Crippen LogP contribution in [0.1, 0.15) is 11.1 Å². The van der Waals surface area contributed by atoms with Gasteiger partial charge in [0.25, 0.3) is 0 Å². The van der Waals surface area contributed by atoms with Gasteiger partial charge in [-0.2, -0.15) is 5.10 Å². The average Bonchev–Trinajstić information content (AvgIpc) is 3.18. The van der Waals surface area contributed by atoms with Crippen molar-refractivity contribution in [3.8, 4) is 11.1 Å². The van der Waals surface area contributed by atoms with Crippen LogP contribution in [0.2, 0.25) is 0 Å². The lowest BCUT2D eigenvalue weighted by molar-refractivity contribution is -0.125. The second-order valence-corrected chi connectivity index (χ2v) is 7.92. The van der Waals surface area contributed by atoms with Crippen molar-refractivity contribution in [2.75, 3.05) is 23.7 Å². The molecular weight excluding hydrogens is 390 g/mol. The van der Waals surface area contributed by atoms with E-state index in [9.17, 15) is 4.79 Å². The molecule has 1 fully saturated rings. The van der Waals surface area contributed by atoms with Crippen molar-refractivity contribution in [1.82, 2.24) is 24.9 Å². The van der Waals surface area contributed by atoms with E-state index >= 15 is 0 Å². The van der Waals surface area contributed by atoms with Crippen LogP contribution in [-0.4, -0.2) is 38.6 Å². The highest BCUT2D eigenvalue weighted by atomic mass is 16.2. The minimum atomic E-state index is -0.0452. The Hall–Kier alpha value is -3.94. The second kappa shape index (κ2) is 7.71. The highest BCUT2D eigenvalue weighted by Gasteiger charge is 2.34. The van der Waals surface area contributed by atoms with Crippen LogP contribution in [0.4, 0.5) is 11.6 Å². The molecule has 4 aromatic rings. The van der Waals surface area contributed by atoms with Gasteiger partial charge in [-0.1, -0.05) is 29.8 Å². The zero-order chi connectivity index (χ0) is 21.4. The maximum Gasteiger partial charge on any atom is 0.226 e. The van der Waals surface area contributed by atoms with Crippen LogP contribution in [0.3, 0.4) is 0 Å². The number of nitrogens with one attached hydrogen (secondary N) is 1. The van der Waals surface area contributed by atoms with Crippen molar-refractivity contribution >= 4 is 23.1 Å². The summed E-state index contributed by atoms with van der Waals surface area (Å²) in [6, 6.07) is 13.9. The molecule has 4 heterocycles. The number of carbonyl (C=O) groups excluding carboxylic acids is 1. The van der Waals surface area contributed by atoms with Crippen molar-refractivity contribution in [2.45, 2.75) is 13.5 Å². The fourth-order valence-electron chi connectivity index (χ4n) is 3.75. The molecular formula is C23H23N7O. The Labute approximate surface area is 179 Å². The fourth-order valence-corrected chi connectivity index (χ4v) is 3.75. The van der Waals surface area contributed by atoms with Crippen LogP contribution in [0.25, 0.3) is 16.6 Å². The molecule has 0 radical (unpaired) electrons. The SMILES string of the molecule is Cc1ccc(CNC(=O)C2CN(c3ncnn4cc(-c5ccc(N)nc5)cc34)C2)cc1. The van der Waals surface area contributed by atoms with E-state index in [2.05, 4.69) is 44.3 Å². The summed E-state index contributed by atoms with van der Waals surface area (Å²) in [6.07, 6.45) is 5.23. The molecule has 31 heavy (non-hydrogen) atoms. The van der Waals surface area contributed by atoms with Gasteiger partial charge in [-0.3, -0.25) is 4.79 Å². The molecule has 1 aliphatic heterocycles. The lowest BCUT2D eigenvalue weighted by atomic mass is 9.99. The quantitative estimate of drug-likeness (QED) is 0.521. The van der Waals surface area contributed by atoms with Gasteiger partial charge in [-0.25, -0.2) is 14.5 Å². The summed E-state index contributed by atoms with van der Waals surface area (Å²) in [6.45, 7) is 3.87. The topological polar surface area (TPSA) is 101 Å². The third kappa shape index (κ3) is 3.79. The number of rotatable bonds is 5. The van der Waals surface area contributed by atoms with Crippen LogP contribution in [0.5, 0.6) is 0 Å². The van der Waals surface area contributed by atoms with Crippen LogP contribution in [0, 0.1) is 12.8 Å². The molecule has 1 aromatic carbocycles. The maximum absolute atomic E-state index is 12.5. The van der Waals surface area contributed by atoms with E-state index in [0.29, 0.717) is 25.5 Å². The number of anilines is 2. The normalized spacial score (nSPS) is 13.9. The van der Waals surface area contributed by atoms with Gasteiger partial charge in [0.2, 0.25) is 5.91 Å². The number of hydrogen-bond donors (Lipinski definition) is 2. The summed E-state index contributed by atoms with van der Waals surface area (Å²) in [5.41, 5.74) is 10.8. The molecule has 1 aliphatic rings. The van der Waals surface area contributed by atoms with Crippen LogP contribution < -0.4 is 16.0 Å². The first-order valence-electron chi connectivity index (χ1n) is 10.2. The fraction of sp³-hybridized carbons (Fsp3) is 0.217. The van der Waals surface area contributed by atoms with Crippen molar-refractivity contribution in [2.24, 2.45) is 5.92 Å². The van der Waals surface area contributed by atoms with Crippen molar-refractivity contribution in [3.05, 3.63) is 72.3 Å². The number of fused-ring (bicyclic) bond motifs is 1. The van der Waals surface area contributed by atoms with Crippen molar-refractivity contribution < 1.29 is 4.79 Å². The number of aromatic nitrogens is 4. The predicted octanol–water partition coefficient (Wildman–Crippen LogP) is 2.43.